The van der Waals surface area contributed by atoms with E-state index in [-0.39, 0.29) is 12.1 Å². The minimum atomic E-state index is -0.101. The van der Waals surface area contributed by atoms with Crippen molar-refractivity contribution in [3.05, 3.63) is 58.3 Å². The van der Waals surface area contributed by atoms with Gasteiger partial charge in [-0.25, -0.2) is 4.79 Å². The van der Waals surface area contributed by atoms with Gasteiger partial charge in [-0.2, -0.15) is 0 Å². The van der Waals surface area contributed by atoms with Crippen LogP contribution in [0.2, 0.25) is 0 Å². The fourth-order valence-electron chi connectivity index (χ4n) is 3.35. The van der Waals surface area contributed by atoms with Gasteiger partial charge in [0.25, 0.3) is 0 Å². The van der Waals surface area contributed by atoms with E-state index in [4.69, 9.17) is 0 Å². The molecule has 0 saturated heterocycles. The molecular weight excluding hydrogens is 428 g/mol. The molecule has 0 spiro atoms. The van der Waals surface area contributed by atoms with Gasteiger partial charge in [-0.15, -0.1) is 0 Å². The second kappa shape index (κ2) is 11.9. The standard InChI is InChI=1S/C23H33BrN4O/c1-5-27(6-2)16-10-12-19(4)28(17-20-13-9-11-18(3)25-20)23(29)26-22-15-8-7-14-21(22)24/h7-9,11,13-15,19H,5-6,10,12,16-17H2,1-4H3,(H,26,29). The first-order valence-electron chi connectivity index (χ1n) is 10.4. The topological polar surface area (TPSA) is 48.5 Å². The van der Waals surface area contributed by atoms with E-state index in [1.165, 1.54) is 0 Å². The maximum atomic E-state index is 13.2. The van der Waals surface area contributed by atoms with Crippen molar-refractivity contribution >= 4 is 27.6 Å². The number of rotatable bonds is 10. The molecule has 2 rings (SSSR count). The van der Waals surface area contributed by atoms with Crippen molar-refractivity contribution in [2.45, 2.75) is 53.1 Å². The van der Waals surface area contributed by atoms with E-state index in [1.54, 1.807) is 0 Å². The maximum Gasteiger partial charge on any atom is 0.322 e. The third-order valence-corrected chi connectivity index (χ3v) is 5.87. The molecule has 1 heterocycles. The van der Waals surface area contributed by atoms with E-state index < -0.39 is 0 Å². The van der Waals surface area contributed by atoms with E-state index in [2.05, 4.69) is 51.9 Å². The molecule has 1 atom stereocenters. The summed E-state index contributed by atoms with van der Waals surface area (Å²) in [5.41, 5.74) is 2.64. The third-order valence-electron chi connectivity index (χ3n) is 5.18. The van der Waals surface area contributed by atoms with Gasteiger partial charge in [0, 0.05) is 16.2 Å². The highest BCUT2D eigenvalue weighted by Gasteiger charge is 2.22. The summed E-state index contributed by atoms with van der Waals surface area (Å²) < 4.78 is 0.871. The predicted octanol–water partition coefficient (Wildman–Crippen LogP) is 5.70. The number of carbonyl (C=O) groups is 1. The predicted molar refractivity (Wildman–Crippen MR) is 124 cm³/mol. The van der Waals surface area contributed by atoms with Crippen molar-refractivity contribution in [3.8, 4) is 0 Å². The molecule has 0 fully saturated rings. The Bertz CT molecular complexity index is 779. The van der Waals surface area contributed by atoms with Gasteiger partial charge in [0.05, 0.1) is 17.9 Å². The second-order valence-corrected chi connectivity index (χ2v) is 8.18. The zero-order chi connectivity index (χ0) is 21.2. The smallest absolute Gasteiger partial charge is 0.316 e. The average Bonchev–Trinajstić information content (AvgIpc) is 2.71. The third kappa shape index (κ3) is 7.44. The number of pyridine rings is 1. The lowest BCUT2D eigenvalue weighted by atomic mass is 10.1. The summed E-state index contributed by atoms with van der Waals surface area (Å²) in [6, 6.07) is 13.6. The molecule has 0 saturated carbocycles. The molecule has 1 unspecified atom stereocenters. The number of amides is 2. The molecule has 2 amide bonds. The number of hydrogen-bond donors (Lipinski definition) is 1. The zero-order valence-corrected chi connectivity index (χ0v) is 19.6. The molecule has 0 aliphatic carbocycles. The normalized spacial score (nSPS) is 12.1. The van der Waals surface area contributed by atoms with Crippen LogP contribution < -0.4 is 5.32 Å². The summed E-state index contributed by atoms with van der Waals surface area (Å²) in [4.78, 5) is 22.1. The van der Waals surface area contributed by atoms with Gasteiger partial charge >= 0.3 is 6.03 Å². The maximum absolute atomic E-state index is 13.2. The number of nitrogens with one attached hydrogen (secondary N) is 1. The molecule has 1 aromatic carbocycles. The lowest BCUT2D eigenvalue weighted by molar-refractivity contribution is 0.180. The number of anilines is 1. The molecule has 6 heteroatoms. The monoisotopic (exact) mass is 460 g/mol. The lowest BCUT2D eigenvalue weighted by Gasteiger charge is -2.30. The molecule has 1 aromatic heterocycles. The van der Waals surface area contributed by atoms with Crippen LogP contribution in [0.25, 0.3) is 0 Å². The quantitative estimate of drug-likeness (QED) is 0.494. The fourth-order valence-corrected chi connectivity index (χ4v) is 3.73. The van der Waals surface area contributed by atoms with Crippen LogP contribution in [0.3, 0.4) is 0 Å². The summed E-state index contributed by atoms with van der Waals surface area (Å²) in [5, 5.41) is 3.05. The molecule has 158 valence electrons. The van der Waals surface area contributed by atoms with E-state index in [1.807, 2.05) is 54.3 Å². The number of halogens is 1. The average molecular weight is 461 g/mol. The Kier molecular flexibility index (Phi) is 9.61. The van der Waals surface area contributed by atoms with Crippen LogP contribution in [-0.4, -0.2) is 46.5 Å². The van der Waals surface area contributed by atoms with Gasteiger partial charge in [-0.1, -0.05) is 32.0 Å². The van der Waals surface area contributed by atoms with Crippen LogP contribution >= 0.6 is 15.9 Å². The highest BCUT2D eigenvalue weighted by molar-refractivity contribution is 9.10. The first kappa shape index (κ1) is 23.4. The first-order valence-corrected chi connectivity index (χ1v) is 11.2. The Morgan fingerprint density at radius 1 is 1.14 bits per heavy atom. The summed E-state index contributed by atoms with van der Waals surface area (Å²) in [6.45, 7) is 12.1. The lowest BCUT2D eigenvalue weighted by Crippen LogP contribution is -2.41. The van der Waals surface area contributed by atoms with Crippen molar-refractivity contribution in [2.75, 3.05) is 25.0 Å². The molecule has 0 bridgehead atoms. The number of hydrogen-bond acceptors (Lipinski definition) is 3. The molecular formula is C23H33BrN4O. The molecule has 1 N–H and O–H groups in total. The molecule has 2 aromatic rings. The second-order valence-electron chi connectivity index (χ2n) is 7.33. The number of urea groups is 1. The molecule has 0 aliphatic heterocycles. The van der Waals surface area contributed by atoms with Gasteiger partial charge in [-0.05, 0) is 86.5 Å². The van der Waals surface area contributed by atoms with Gasteiger partial charge in [0.1, 0.15) is 0 Å². The SMILES string of the molecule is CCN(CC)CCCC(C)N(Cc1cccc(C)n1)C(=O)Nc1ccccc1Br. The largest absolute Gasteiger partial charge is 0.322 e. The molecule has 0 radical (unpaired) electrons. The number of para-hydroxylation sites is 1. The van der Waals surface area contributed by atoms with Gasteiger partial charge in [-0.3, -0.25) is 4.98 Å². The Balaban J connectivity index is 2.11. The number of aryl methyl sites for hydroxylation is 1. The molecule has 5 nitrogen and oxygen atoms in total. The van der Waals surface area contributed by atoms with Crippen molar-refractivity contribution < 1.29 is 4.79 Å². The van der Waals surface area contributed by atoms with E-state index in [0.29, 0.717) is 6.54 Å². The number of nitrogens with zero attached hydrogens (tertiary/aromatic N) is 3. The van der Waals surface area contributed by atoms with E-state index >= 15 is 0 Å². The van der Waals surface area contributed by atoms with Crippen LogP contribution in [0.4, 0.5) is 10.5 Å². The van der Waals surface area contributed by atoms with Crippen LogP contribution in [-0.2, 0) is 6.54 Å². The summed E-state index contributed by atoms with van der Waals surface area (Å²) >= 11 is 3.51. The van der Waals surface area contributed by atoms with Crippen LogP contribution in [0.15, 0.2) is 46.9 Å². The Labute approximate surface area is 183 Å². The van der Waals surface area contributed by atoms with E-state index in [0.717, 1.165) is 54.0 Å². The van der Waals surface area contributed by atoms with Crippen molar-refractivity contribution in [2.24, 2.45) is 0 Å². The van der Waals surface area contributed by atoms with Crippen molar-refractivity contribution in [1.82, 2.24) is 14.8 Å². The summed E-state index contributed by atoms with van der Waals surface area (Å²) in [5.74, 6) is 0. The molecule has 0 aliphatic rings. The Morgan fingerprint density at radius 2 is 1.86 bits per heavy atom. The number of aromatic nitrogens is 1. The van der Waals surface area contributed by atoms with Crippen LogP contribution in [0, 0.1) is 6.92 Å². The summed E-state index contributed by atoms with van der Waals surface area (Å²) in [6.07, 6.45) is 2.01. The highest BCUT2D eigenvalue weighted by atomic mass is 79.9. The highest BCUT2D eigenvalue weighted by Crippen LogP contribution is 2.23. The number of benzene rings is 1. The Hall–Kier alpha value is -1.92. The van der Waals surface area contributed by atoms with Crippen molar-refractivity contribution in [1.29, 1.82) is 0 Å². The van der Waals surface area contributed by atoms with Crippen LogP contribution in [0.5, 0.6) is 0 Å². The van der Waals surface area contributed by atoms with Crippen molar-refractivity contribution in [3.63, 3.8) is 0 Å². The summed E-state index contributed by atoms with van der Waals surface area (Å²) in [7, 11) is 0. The first-order chi connectivity index (χ1) is 13.9. The minimum Gasteiger partial charge on any atom is -0.316 e. The fraction of sp³-hybridized carbons (Fsp3) is 0.478. The minimum absolute atomic E-state index is 0.101. The van der Waals surface area contributed by atoms with Gasteiger partial charge < -0.3 is 15.1 Å². The molecule has 29 heavy (non-hydrogen) atoms. The Morgan fingerprint density at radius 3 is 2.52 bits per heavy atom. The van der Waals surface area contributed by atoms with Gasteiger partial charge in [0.15, 0.2) is 0 Å². The zero-order valence-electron chi connectivity index (χ0n) is 18.0. The van der Waals surface area contributed by atoms with E-state index in [9.17, 15) is 4.79 Å². The van der Waals surface area contributed by atoms with Crippen LogP contribution in [0.1, 0.15) is 45.0 Å². The van der Waals surface area contributed by atoms with Gasteiger partial charge in [0.2, 0.25) is 0 Å². The number of carbonyl (C=O) groups excluding carboxylic acids is 1.